The van der Waals surface area contributed by atoms with Crippen molar-refractivity contribution in [2.45, 2.75) is 39.2 Å². The monoisotopic (exact) mass is 225 g/mol. The molecule has 0 aromatic heterocycles. The van der Waals surface area contributed by atoms with E-state index in [1.54, 1.807) is 18.2 Å². The summed E-state index contributed by atoms with van der Waals surface area (Å²) in [5.74, 6) is -1.36. The van der Waals surface area contributed by atoms with Crippen LogP contribution >= 0.6 is 0 Å². The number of carboxylic acids is 1. The van der Waals surface area contributed by atoms with Crippen LogP contribution in [0.2, 0.25) is 0 Å². The number of amides is 1. The minimum absolute atomic E-state index is 0.374. The molecule has 0 aromatic carbocycles. The van der Waals surface area contributed by atoms with Gasteiger partial charge in [-0.2, -0.15) is 0 Å². The van der Waals surface area contributed by atoms with E-state index in [4.69, 9.17) is 5.11 Å². The molecule has 0 saturated heterocycles. The van der Waals surface area contributed by atoms with Crippen molar-refractivity contribution in [2.75, 3.05) is 0 Å². The van der Waals surface area contributed by atoms with Crippen LogP contribution in [0, 0.1) is 0 Å². The first-order valence-electron chi connectivity index (χ1n) is 5.44. The van der Waals surface area contributed by atoms with Gasteiger partial charge in [-0.15, -0.1) is 0 Å². The second-order valence-electron chi connectivity index (χ2n) is 3.43. The molecule has 0 aromatic rings. The Balaban J connectivity index is 4.17. The highest BCUT2D eigenvalue weighted by atomic mass is 16.4. The first kappa shape index (κ1) is 14.4. The highest BCUT2D eigenvalue weighted by Crippen LogP contribution is 2.00. The van der Waals surface area contributed by atoms with E-state index in [1.165, 1.54) is 6.08 Å². The number of hydrogen-bond acceptors (Lipinski definition) is 2. The lowest BCUT2D eigenvalue weighted by molar-refractivity contribution is -0.141. The maximum Gasteiger partial charge on any atom is 0.326 e. The third-order valence-corrected chi connectivity index (χ3v) is 2.01. The van der Waals surface area contributed by atoms with Crippen LogP contribution in [0.3, 0.4) is 0 Å². The molecule has 4 nitrogen and oxygen atoms in total. The molecule has 90 valence electrons. The molecular weight excluding hydrogens is 206 g/mol. The van der Waals surface area contributed by atoms with Gasteiger partial charge < -0.3 is 10.4 Å². The van der Waals surface area contributed by atoms with Crippen molar-refractivity contribution in [3.05, 3.63) is 24.3 Å². The molecule has 1 unspecified atom stereocenters. The number of carbonyl (C=O) groups is 2. The van der Waals surface area contributed by atoms with E-state index >= 15 is 0 Å². The van der Waals surface area contributed by atoms with E-state index in [9.17, 15) is 9.59 Å². The Kier molecular flexibility index (Phi) is 7.85. The van der Waals surface area contributed by atoms with Crippen molar-refractivity contribution in [1.82, 2.24) is 5.32 Å². The summed E-state index contributed by atoms with van der Waals surface area (Å²) in [6.07, 6.45) is 8.56. The van der Waals surface area contributed by atoms with Crippen LogP contribution in [-0.2, 0) is 9.59 Å². The topological polar surface area (TPSA) is 66.4 Å². The van der Waals surface area contributed by atoms with Gasteiger partial charge in [0.2, 0.25) is 5.91 Å². The second kappa shape index (κ2) is 8.71. The van der Waals surface area contributed by atoms with Crippen LogP contribution < -0.4 is 5.32 Å². The van der Waals surface area contributed by atoms with Crippen molar-refractivity contribution in [2.24, 2.45) is 0 Å². The Bertz CT molecular complexity index is 282. The van der Waals surface area contributed by atoms with Crippen LogP contribution in [0.15, 0.2) is 24.3 Å². The maximum atomic E-state index is 11.3. The Morgan fingerprint density at radius 2 is 2.06 bits per heavy atom. The van der Waals surface area contributed by atoms with Crippen LogP contribution in [0.25, 0.3) is 0 Å². The summed E-state index contributed by atoms with van der Waals surface area (Å²) < 4.78 is 0. The SMILES string of the molecule is C/C=C/C=C/C(=O)NC(CCCC)C(=O)O. The number of allylic oxidation sites excluding steroid dienone is 3. The lowest BCUT2D eigenvalue weighted by atomic mass is 10.1. The van der Waals surface area contributed by atoms with Crippen molar-refractivity contribution in [3.8, 4) is 0 Å². The molecule has 0 rings (SSSR count). The van der Waals surface area contributed by atoms with Gasteiger partial charge in [-0.25, -0.2) is 4.79 Å². The Hall–Kier alpha value is -1.58. The molecule has 0 radical (unpaired) electrons. The van der Waals surface area contributed by atoms with Gasteiger partial charge in [0.15, 0.2) is 0 Å². The second-order valence-corrected chi connectivity index (χ2v) is 3.43. The average Bonchev–Trinajstić information content (AvgIpc) is 2.24. The van der Waals surface area contributed by atoms with Gasteiger partial charge in [0.25, 0.3) is 0 Å². The van der Waals surface area contributed by atoms with Crippen LogP contribution in [0.4, 0.5) is 0 Å². The highest BCUT2D eigenvalue weighted by molar-refractivity contribution is 5.91. The zero-order valence-electron chi connectivity index (χ0n) is 9.77. The molecule has 0 aliphatic carbocycles. The number of carboxylic acid groups (broad SMARTS) is 1. The predicted molar refractivity (Wildman–Crippen MR) is 63.0 cm³/mol. The molecule has 0 fully saturated rings. The summed E-state index contributed by atoms with van der Waals surface area (Å²) >= 11 is 0. The Morgan fingerprint density at radius 1 is 1.38 bits per heavy atom. The largest absolute Gasteiger partial charge is 0.480 e. The molecule has 16 heavy (non-hydrogen) atoms. The zero-order valence-corrected chi connectivity index (χ0v) is 9.77. The van der Waals surface area contributed by atoms with Crippen molar-refractivity contribution >= 4 is 11.9 Å². The van der Waals surface area contributed by atoms with E-state index in [0.717, 1.165) is 12.8 Å². The molecule has 2 N–H and O–H groups in total. The molecule has 0 bridgehead atoms. The normalized spacial score (nSPS) is 13.1. The molecule has 0 spiro atoms. The summed E-state index contributed by atoms with van der Waals surface area (Å²) in [4.78, 5) is 22.1. The molecule has 0 aliphatic heterocycles. The fourth-order valence-electron chi connectivity index (χ4n) is 1.14. The fourth-order valence-corrected chi connectivity index (χ4v) is 1.14. The third kappa shape index (κ3) is 6.81. The Labute approximate surface area is 96.0 Å². The number of hydrogen-bond donors (Lipinski definition) is 2. The van der Waals surface area contributed by atoms with Gasteiger partial charge in [0, 0.05) is 6.08 Å². The van der Waals surface area contributed by atoms with Crippen LogP contribution in [0.1, 0.15) is 33.1 Å². The van der Waals surface area contributed by atoms with Crippen molar-refractivity contribution < 1.29 is 14.7 Å². The van der Waals surface area contributed by atoms with Crippen LogP contribution in [-0.4, -0.2) is 23.0 Å². The summed E-state index contributed by atoms with van der Waals surface area (Å²) in [7, 11) is 0. The van der Waals surface area contributed by atoms with E-state index in [-0.39, 0.29) is 5.91 Å². The number of unbranched alkanes of at least 4 members (excludes halogenated alkanes) is 1. The molecule has 0 saturated carbocycles. The van der Waals surface area contributed by atoms with E-state index < -0.39 is 12.0 Å². The van der Waals surface area contributed by atoms with E-state index in [1.807, 2.05) is 13.8 Å². The van der Waals surface area contributed by atoms with Crippen molar-refractivity contribution in [1.29, 1.82) is 0 Å². The molecule has 0 heterocycles. The zero-order chi connectivity index (χ0) is 12.4. The van der Waals surface area contributed by atoms with E-state index in [2.05, 4.69) is 5.32 Å². The number of rotatable bonds is 7. The minimum Gasteiger partial charge on any atom is -0.480 e. The highest BCUT2D eigenvalue weighted by Gasteiger charge is 2.17. The predicted octanol–water partition coefficient (Wildman–Crippen LogP) is 1.88. The van der Waals surface area contributed by atoms with Gasteiger partial charge in [-0.1, -0.05) is 38.0 Å². The lowest BCUT2D eigenvalue weighted by Crippen LogP contribution is -2.39. The van der Waals surface area contributed by atoms with Gasteiger partial charge in [-0.3, -0.25) is 4.79 Å². The summed E-state index contributed by atoms with van der Waals surface area (Å²) in [6, 6.07) is -0.789. The smallest absolute Gasteiger partial charge is 0.326 e. The quantitative estimate of drug-likeness (QED) is 0.513. The first-order valence-corrected chi connectivity index (χ1v) is 5.44. The van der Waals surface area contributed by atoms with Gasteiger partial charge >= 0.3 is 5.97 Å². The molecule has 1 atom stereocenters. The summed E-state index contributed by atoms with van der Waals surface area (Å²) in [5, 5.41) is 11.3. The molecule has 0 aliphatic rings. The fraction of sp³-hybridized carbons (Fsp3) is 0.500. The lowest BCUT2D eigenvalue weighted by Gasteiger charge is -2.12. The summed E-state index contributed by atoms with van der Waals surface area (Å²) in [6.45, 7) is 3.82. The first-order chi connectivity index (χ1) is 7.61. The van der Waals surface area contributed by atoms with E-state index in [0.29, 0.717) is 6.42 Å². The number of nitrogens with one attached hydrogen (secondary N) is 1. The van der Waals surface area contributed by atoms with Crippen molar-refractivity contribution in [3.63, 3.8) is 0 Å². The van der Waals surface area contributed by atoms with Crippen LogP contribution in [0.5, 0.6) is 0 Å². The van der Waals surface area contributed by atoms with Gasteiger partial charge in [-0.05, 0) is 13.3 Å². The third-order valence-electron chi connectivity index (χ3n) is 2.01. The van der Waals surface area contributed by atoms with Gasteiger partial charge in [0.1, 0.15) is 6.04 Å². The van der Waals surface area contributed by atoms with Gasteiger partial charge in [0.05, 0.1) is 0 Å². The number of aliphatic carboxylic acids is 1. The standard InChI is InChI=1S/C12H19NO3/c1-3-5-7-9-11(14)13-10(12(15)16)8-6-4-2/h3,5,7,9-10H,4,6,8H2,1-2H3,(H,13,14)(H,15,16)/b5-3+,9-7+. The Morgan fingerprint density at radius 3 is 2.56 bits per heavy atom. The number of carbonyl (C=O) groups excluding carboxylic acids is 1. The summed E-state index contributed by atoms with van der Waals surface area (Å²) in [5.41, 5.74) is 0. The molecular formula is C12H19NO3. The average molecular weight is 225 g/mol. The molecule has 4 heteroatoms. The molecule has 1 amide bonds. The minimum atomic E-state index is -0.985. The maximum absolute atomic E-state index is 11.3.